The van der Waals surface area contributed by atoms with E-state index >= 15 is 0 Å². The van der Waals surface area contributed by atoms with E-state index in [0.29, 0.717) is 13.2 Å². The minimum Gasteiger partial charge on any atom is -0.396 e. The van der Waals surface area contributed by atoms with Gasteiger partial charge in [0, 0.05) is 25.7 Å². The van der Waals surface area contributed by atoms with Crippen molar-refractivity contribution in [3.8, 4) is 0 Å². The molecule has 0 saturated carbocycles. The van der Waals surface area contributed by atoms with Crippen molar-refractivity contribution >= 4 is 11.5 Å². The maximum atomic E-state index is 11.8. The Hall–Kier alpha value is -1.80. The normalized spacial score (nSPS) is 11.6. The summed E-state index contributed by atoms with van der Waals surface area (Å²) in [6.45, 7) is 4.53. The van der Waals surface area contributed by atoms with Crippen LogP contribution in [0.5, 0.6) is 0 Å². The number of nitrogen functional groups attached to an aromatic ring is 1. The quantitative estimate of drug-likeness (QED) is 0.520. The van der Waals surface area contributed by atoms with E-state index in [1.165, 1.54) is 11.7 Å². The highest BCUT2D eigenvalue weighted by Crippen LogP contribution is 2.16. The molecule has 8 nitrogen and oxygen atoms in total. The Morgan fingerprint density at radius 3 is 2.65 bits per heavy atom. The number of H-pyrrole nitrogens is 1. The summed E-state index contributed by atoms with van der Waals surface area (Å²) >= 11 is 0. The van der Waals surface area contributed by atoms with Crippen LogP contribution in [0.1, 0.15) is 13.8 Å². The Balaban J connectivity index is 3.07. The van der Waals surface area contributed by atoms with Crippen molar-refractivity contribution < 1.29 is 9.84 Å². The first-order chi connectivity index (χ1) is 9.32. The minimum absolute atomic E-state index is 0.0406. The van der Waals surface area contributed by atoms with Gasteiger partial charge in [-0.15, -0.1) is 0 Å². The molecule has 0 aliphatic rings. The Kier molecular flexibility index (Phi) is 5.34. The van der Waals surface area contributed by atoms with E-state index in [-0.39, 0.29) is 24.7 Å². The van der Waals surface area contributed by atoms with Gasteiger partial charge in [-0.25, -0.2) is 4.79 Å². The lowest BCUT2D eigenvalue weighted by molar-refractivity contribution is 0.170. The van der Waals surface area contributed by atoms with Crippen molar-refractivity contribution in [3.63, 3.8) is 0 Å². The Labute approximate surface area is 116 Å². The third kappa shape index (κ3) is 3.84. The molecule has 1 rings (SSSR count). The Bertz CT molecular complexity index is 562. The molecule has 0 fully saturated rings. The lowest BCUT2D eigenvalue weighted by Crippen LogP contribution is -2.36. The number of nitrogens with one attached hydrogen (secondary N) is 2. The van der Waals surface area contributed by atoms with Gasteiger partial charge in [-0.1, -0.05) is 13.8 Å². The molecule has 0 saturated heterocycles. The largest absolute Gasteiger partial charge is 0.396 e. The van der Waals surface area contributed by atoms with Crippen LogP contribution in [0.2, 0.25) is 0 Å². The molecule has 8 heteroatoms. The highest BCUT2D eigenvalue weighted by Gasteiger charge is 2.19. The molecular weight excluding hydrogens is 264 g/mol. The van der Waals surface area contributed by atoms with Crippen LogP contribution >= 0.6 is 0 Å². The van der Waals surface area contributed by atoms with E-state index in [1.807, 2.05) is 13.8 Å². The first-order valence-corrected chi connectivity index (χ1v) is 6.28. The van der Waals surface area contributed by atoms with E-state index in [0.717, 1.165) is 0 Å². The molecule has 114 valence electrons. The van der Waals surface area contributed by atoms with Gasteiger partial charge in [0.25, 0.3) is 5.56 Å². The molecule has 0 aromatic carbocycles. The molecule has 0 spiro atoms. The molecule has 0 amide bonds. The Morgan fingerprint density at radius 1 is 1.45 bits per heavy atom. The van der Waals surface area contributed by atoms with Gasteiger partial charge in [-0.2, -0.15) is 0 Å². The smallest absolute Gasteiger partial charge is 0.330 e. The number of rotatable bonds is 7. The highest BCUT2D eigenvalue weighted by molar-refractivity contribution is 5.60. The summed E-state index contributed by atoms with van der Waals surface area (Å²) in [5.74, 6) is 0.0598. The van der Waals surface area contributed by atoms with Crippen LogP contribution < -0.4 is 22.3 Å². The second-order valence-corrected chi connectivity index (χ2v) is 5.34. The summed E-state index contributed by atoms with van der Waals surface area (Å²) < 4.78 is 6.13. The molecule has 0 aliphatic heterocycles. The minimum atomic E-state index is -0.574. The summed E-state index contributed by atoms with van der Waals surface area (Å²) in [5.41, 5.74) is 4.43. The molecule has 20 heavy (non-hydrogen) atoms. The second kappa shape index (κ2) is 6.58. The van der Waals surface area contributed by atoms with Crippen LogP contribution in [0, 0.1) is 5.41 Å². The predicted molar refractivity (Wildman–Crippen MR) is 77.0 cm³/mol. The highest BCUT2D eigenvalue weighted by atomic mass is 16.5. The van der Waals surface area contributed by atoms with Gasteiger partial charge in [-0.3, -0.25) is 14.3 Å². The SMILES string of the molecule is COCCn1c(N)c(NCC(C)(C)CO)c(=O)[nH]c1=O. The number of aromatic nitrogens is 2. The average molecular weight is 286 g/mol. The van der Waals surface area contributed by atoms with Crippen molar-refractivity contribution in [3.05, 3.63) is 20.8 Å². The number of aliphatic hydroxyl groups is 1. The summed E-state index contributed by atoms with van der Waals surface area (Å²) in [4.78, 5) is 25.7. The molecule has 0 aliphatic carbocycles. The van der Waals surface area contributed by atoms with Gasteiger partial charge in [0.15, 0.2) is 0 Å². The second-order valence-electron chi connectivity index (χ2n) is 5.34. The van der Waals surface area contributed by atoms with Crippen molar-refractivity contribution in [1.29, 1.82) is 0 Å². The first kappa shape index (κ1) is 16.3. The standard InChI is InChI=1S/C12H22N4O4/c1-12(2,7-17)6-14-8-9(13)16(4-5-20-3)11(19)15-10(8)18/h14,17H,4-7,13H2,1-3H3,(H,15,18,19). The third-order valence-electron chi connectivity index (χ3n) is 2.93. The predicted octanol–water partition coefficient (Wildman–Crippen LogP) is -0.804. The fourth-order valence-corrected chi connectivity index (χ4v) is 1.55. The lowest BCUT2D eigenvalue weighted by atomic mass is 9.95. The van der Waals surface area contributed by atoms with E-state index in [2.05, 4.69) is 10.3 Å². The average Bonchev–Trinajstić information content (AvgIpc) is 2.38. The molecule has 1 aromatic heterocycles. The number of aromatic amines is 1. The van der Waals surface area contributed by atoms with Crippen LogP contribution in [-0.2, 0) is 11.3 Å². The van der Waals surface area contributed by atoms with Crippen molar-refractivity contribution in [2.24, 2.45) is 5.41 Å². The molecule has 1 heterocycles. The van der Waals surface area contributed by atoms with Gasteiger partial charge in [0.1, 0.15) is 11.5 Å². The van der Waals surface area contributed by atoms with Crippen molar-refractivity contribution in [2.45, 2.75) is 20.4 Å². The van der Waals surface area contributed by atoms with E-state index < -0.39 is 16.7 Å². The van der Waals surface area contributed by atoms with E-state index in [1.54, 1.807) is 0 Å². The van der Waals surface area contributed by atoms with Crippen LogP contribution in [0.25, 0.3) is 0 Å². The molecule has 0 bridgehead atoms. The van der Waals surface area contributed by atoms with Gasteiger partial charge >= 0.3 is 5.69 Å². The van der Waals surface area contributed by atoms with Crippen LogP contribution in [0.4, 0.5) is 11.5 Å². The summed E-state index contributed by atoms with van der Waals surface area (Å²) in [6, 6.07) is 0. The fourth-order valence-electron chi connectivity index (χ4n) is 1.55. The van der Waals surface area contributed by atoms with Gasteiger partial charge in [0.2, 0.25) is 0 Å². The van der Waals surface area contributed by atoms with Crippen LogP contribution in [0.3, 0.4) is 0 Å². The van der Waals surface area contributed by atoms with Crippen LogP contribution in [0.15, 0.2) is 9.59 Å². The molecule has 1 aromatic rings. The topological polar surface area (TPSA) is 122 Å². The summed E-state index contributed by atoms with van der Waals surface area (Å²) in [7, 11) is 1.51. The molecular formula is C12H22N4O4. The van der Waals surface area contributed by atoms with Gasteiger partial charge in [0.05, 0.1) is 13.2 Å². The zero-order valence-corrected chi connectivity index (χ0v) is 12.0. The monoisotopic (exact) mass is 286 g/mol. The zero-order chi connectivity index (χ0) is 15.3. The summed E-state index contributed by atoms with van der Waals surface area (Å²) in [6.07, 6.45) is 0. The van der Waals surface area contributed by atoms with Gasteiger partial charge < -0.3 is 20.9 Å². The summed E-state index contributed by atoms with van der Waals surface area (Å²) in [5, 5.41) is 12.1. The number of hydrogen-bond acceptors (Lipinski definition) is 6. The van der Waals surface area contributed by atoms with E-state index in [4.69, 9.17) is 10.5 Å². The van der Waals surface area contributed by atoms with Gasteiger partial charge in [-0.05, 0) is 0 Å². The maximum absolute atomic E-state index is 11.8. The van der Waals surface area contributed by atoms with Crippen molar-refractivity contribution in [2.75, 3.05) is 37.9 Å². The third-order valence-corrected chi connectivity index (χ3v) is 2.93. The first-order valence-electron chi connectivity index (χ1n) is 6.28. The zero-order valence-electron chi connectivity index (χ0n) is 12.0. The number of ether oxygens (including phenoxy) is 1. The molecule has 5 N–H and O–H groups in total. The molecule has 0 atom stereocenters. The number of anilines is 2. The number of methoxy groups -OCH3 is 1. The molecule has 0 radical (unpaired) electrons. The fraction of sp³-hybridized carbons (Fsp3) is 0.667. The lowest BCUT2D eigenvalue weighted by Gasteiger charge is -2.23. The van der Waals surface area contributed by atoms with Crippen molar-refractivity contribution in [1.82, 2.24) is 9.55 Å². The number of nitrogens with two attached hydrogens (primary N) is 1. The van der Waals surface area contributed by atoms with Crippen LogP contribution in [-0.4, -0.2) is 41.5 Å². The number of aliphatic hydroxyl groups excluding tert-OH is 1. The molecule has 0 unspecified atom stereocenters. The maximum Gasteiger partial charge on any atom is 0.330 e. The number of hydrogen-bond donors (Lipinski definition) is 4. The van der Waals surface area contributed by atoms with E-state index in [9.17, 15) is 14.7 Å². The Morgan fingerprint density at radius 2 is 2.10 bits per heavy atom. The number of nitrogens with zero attached hydrogens (tertiary/aromatic N) is 1.